The molecule has 0 amide bonds. The summed E-state index contributed by atoms with van der Waals surface area (Å²) in [4.78, 5) is 4.00. The maximum Gasteiger partial charge on any atom is 0.211 e. The van der Waals surface area contributed by atoms with Gasteiger partial charge in [0.1, 0.15) is 0 Å². The molecule has 0 aliphatic carbocycles. The lowest BCUT2D eigenvalue weighted by Gasteiger charge is -1.90. The van der Waals surface area contributed by atoms with Crippen LogP contribution in [0.5, 0.6) is 0 Å². The lowest BCUT2D eigenvalue weighted by atomic mass is 10.3. The summed E-state index contributed by atoms with van der Waals surface area (Å²) in [7, 11) is 0. The largest absolute Gasteiger partial charge is 0.375 e. The average molecular weight is 198 g/mol. The molecular formula is C6H10N6S. The summed E-state index contributed by atoms with van der Waals surface area (Å²) >= 11 is 1.34. The zero-order valence-electron chi connectivity index (χ0n) is 7.06. The van der Waals surface area contributed by atoms with Gasteiger partial charge < -0.3 is 17.2 Å². The maximum absolute atomic E-state index is 5.44. The molecule has 0 bridgehead atoms. The summed E-state index contributed by atoms with van der Waals surface area (Å²) in [6.07, 6.45) is 0. The molecule has 0 spiro atoms. The molecule has 13 heavy (non-hydrogen) atoms. The average Bonchev–Trinajstić information content (AvgIpc) is 2.47. The highest BCUT2D eigenvalue weighted by atomic mass is 32.1. The van der Waals surface area contributed by atoms with E-state index in [-0.39, 0.29) is 5.96 Å². The molecule has 7 heteroatoms. The zero-order valence-corrected chi connectivity index (χ0v) is 7.88. The fraction of sp³-hybridized carbons (Fsp3) is 0.167. The van der Waals surface area contributed by atoms with Crippen LogP contribution >= 0.6 is 11.3 Å². The predicted molar refractivity (Wildman–Crippen MR) is 54.5 cm³/mol. The number of nitrogens with zero attached hydrogens (tertiary/aromatic N) is 3. The summed E-state index contributed by atoms with van der Waals surface area (Å²) in [6.45, 7) is 1.75. The third kappa shape index (κ3) is 2.71. The van der Waals surface area contributed by atoms with Gasteiger partial charge in [-0.25, -0.2) is 4.98 Å². The number of aromatic nitrogens is 1. The van der Waals surface area contributed by atoms with Crippen molar-refractivity contribution in [1.82, 2.24) is 4.98 Å². The van der Waals surface area contributed by atoms with E-state index >= 15 is 0 Å². The van der Waals surface area contributed by atoms with Crippen molar-refractivity contribution in [3.63, 3.8) is 0 Å². The summed E-state index contributed by atoms with van der Waals surface area (Å²) in [5, 5.41) is 9.53. The van der Waals surface area contributed by atoms with Crippen LogP contribution in [0.15, 0.2) is 15.6 Å². The molecule has 6 nitrogen and oxygen atoms in total. The molecule has 1 heterocycles. The fourth-order valence-electron chi connectivity index (χ4n) is 0.638. The highest BCUT2D eigenvalue weighted by Gasteiger charge is 2.01. The van der Waals surface area contributed by atoms with Crippen molar-refractivity contribution in [3.8, 4) is 0 Å². The van der Waals surface area contributed by atoms with Crippen LogP contribution in [-0.4, -0.2) is 16.7 Å². The van der Waals surface area contributed by atoms with E-state index in [1.165, 1.54) is 11.3 Å². The Morgan fingerprint density at radius 1 is 1.46 bits per heavy atom. The molecule has 0 saturated carbocycles. The molecule has 0 radical (unpaired) electrons. The molecular weight excluding hydrogens is 188 g/mol. The Bertz CT molecular complexity index is 348. The molecule has 0 atom stereocenters. The first kappa shape index (κ1) is 9.46. The second-order valence-electron chi connectivity index (χ2n) is 2.28. The molecule has 0 unspecified atom stereocenters. The van der Waals surface area contributed by atoms with E-state index in [1.54, 1.807) is 12.3 Å². The van der Waals surface area contributed by atoms with E-state index in [0.29, 0.717) is 16.5 Å². The minimum Gasteiger partial charge on any atom is -0.375 e. The van der Waals surface area contributed by atoms with Gasteiger partial charge in [0.2, 0.25) is 5.96 Å². The molecule has 1 rings (SSSR count). The van der Waals surface area contributed by atoms with Crippen LogP contribution in [0.25, 0.3) is 0 Å². The molecule has 0 aliphatic rings. The number of guanidine groups is 1. The SMILES string of the molecule is C/C(=N\N=C(N)N)c1csc(N)n1. The third-order valence-corrected chi connectivity index (χ3v) is 1.88. The van der Waals surface area contributed by atoms with Crippen LogP contribution in [-0.2, 0) is 0 Å². The van der Waals surface area contributed by atoms with Crippen molar-refractivity contribution in [1.29, 1.82) is 0 Å². The third-order valence-electron chi connectivity index (χ3n) is 1.21. The van der Waals surface area contributed by atoms with Crippen molar-refractivity contribution in [2.75, 3.05) is 5.73 Å². The van der Waals surface area contributed by atoms with Gasteiger partial charge in [0.05, 0.1) is 11.4 Å². The maximum atomic E-state index is 5.44. The van der Waals surface area contributed by atoms with Gasteiger partial charge in [0, 0.05) is 5.38 Å². The van der Waals surface area contributed by atoms with Gasteiger partial charge in [0.15, 0.2) is 5.13 Å². The number of thiazole rings is 1. The second kappa shape index (κ2) is 3.85. The van der Waals surface area contributed by atoms with E-state index in [0.717, 1.165) is 0 Å². The first-order valence-electron chi connectivity index (χ1n) is 3.44. The van der Waals surface area contributed by atoms with E-state index in [2.05, 4.69) is 15.2 Å². The fourth-order valence-corrected chi connectivity index (χ4v) is 1.24. The normalized spacial score (nSPS) is 11.3. The summed E-state index contributed by atoms with van der Waals surface area (Å²) in [5.74, 6) is -0.0810. The van der Waals surface area contributed by atoms with Crippen molar-refractivity contribution in [3.05, 3.63) is 11.1 Å². The van der Waals surface area contributed by atoms with Gasteiger partial charge in [-0.05, 0) is 6.92 Å². The Labute approximate surface area is 79.2 Å². The zero-order chi connectivity index (χ0) is 9.84. The number of rotatable bonds is 2. The van der Waals surface area contributed by atoms with Crippen molar-refractivity contribution < 1.29 is 0 Å². The monoisotopic (exact) mass is 198 g/mol. The summed E-state index contributed by atoms with van der Waals surface area (Å²) in [6, 6.07) is 0. The number of nitrogens with two attached hydrogens (primary N) is 3. The van der Waals surface area contributed by atoms with Crippen molar-refractivity contribution >= 4 is 28.1 Å². The minimum absolute atomic E-state index is 0.0810. The lowest BCUT2D eigenvalue weighted by molar-refractivity contribution is 1.19. The summed E-state index contributed by atoms with van der Waals surface area (Å²) < 4.78 is 0. The Morgan fingerprint density at radius 3 is 2.62 bits per heavy atom. The highest BCUT2D eigenvalue weighted by molar-refractivity contribution is 7.13. The topological polar surface area (TPSA) is 116 Å². The Hall–Kier alpha value is -1.63. The quantitative estimate of drug-likeness (QED) is 0.344. The number of hydrogen-bond acceptors (Lipinski definition) is 5. The standard InChI is InChI=1S/C6H10N6S/c1-3(11-12-5(7)8)4-2-13-6(9)10-4/h2H,1H3,(H2,9,10)(H4,7,8,12)/b11-3+. The Kier molecular flexibility index (Phi) is 2.80. The predicted octanol–water partition coefficient (Wildman–Crippen LogP) is -0.277. The molecule has 6 N–H and O–H groups in total. The smallest absolute Gasteiger partial charge is 0.211 e. The number of nitrogen functional groups attached to an aromatic ring is 1. The first-order valence-corrected chi connectivity index (χ1v) is 4.32. The van der Waals surface area contributed by atoms with E-state index in [4.69, 9.17) is 17.2 Å². The van der Waals surface area contributed by atoms with Crippen LogP contribution in [0, 0.1) is 0 Å². The van der Waals surface area contributed by atoms with Crippen LogP contribution in [0.2, 0.25) is 0 Å². The van der Waals surface area contributed by atoms with E-state index < -0.39 is 0 Å². The first-order chi connectivity index (χ1) is 6.09. The van der Waals surface area contributed by atoms with Gasteiger partial charge in [-0.15, -0.1) is 16.4 Å². The van der Waals surface area contributed by atoms with Gasteiger partial charge >= 0.3 is 0 Å². The Balaban J connectivity index is 2.85. The Morgan fingerprint density at radius 2 is 2.15 bits per heavy atom. The summed E-state index contributed by atoms with van der Waals surface area (Å²) in [5.41, 5.74) is 17.0. The van der Waals surface area contributed by atoms with E-state index in [1.807, 2.05) is 0 Å². The van der Waals surface area contributed by atoms with Crippen LogP contribution in [0.4, 0.5) is 5.13 Å². The molecule has 70 valence electrons. The van der Waals surface area contributed by atoms with Gasteiger partial charge in [0.25, 0.3) is 0 Å². The number of anilines is 1. The van der Waals surface area contributed by atoms with Gasteiger partial charge in [-0.2, -0.15) is 5.10 Å². The molecule has 0 aromatic carbocycles. The molecule has 1 aromatic heterocycles. The molecule has 0 fully saturated rings. The van der Waals surface area contributed by atoms with Crippen molar-refractivity contribution in [2.45, 2.75) is 6.92 Å². The highest BCUT2D eigenvalue weighted by Crippen LogP contribution is 2.11. The van der Waals surface area contributed by atoms with Gasteiger partial charge in [-0.3, -0.25) is 0 Å². The molecule has 1 aromatic rings. The van der Waals surface area contributed by atoms with Gasteiger partial charge in [-0.1, -0.05) is 0 Å². The van der Waals surface area contributed by atoms with Crippen LogP contribution in [0.1, 0.15) is 12.6 Å². The number of hydrogen-bond donors (Lipinski definition) is 3. The van der Waals surface area contributed by atoms with E-state index in [9.17, 15) is 0 Å². The molecule has 0 saturated heterocycles. The minimum atomic E-state index is -0.0810. The van der Waals surface area contributed by atoms with Crippen LogP contribution < -0.4 is 17.2 Å². The lowest BCUT2D eigenvalue weighted by Crippen LogP contribution is -2.22. The molecule has 0 aliphatic heterocycles. The second-order valence-corrected chi connectivity index (χ2v) is 3.17. The van der Waals surface area contributed by atoms with Crippen molar-refractivity contribution in [2.24, 2.45) is 21.7 Å². The van der Waals surface area contributed by atoms with Crippen LogP contribution in [0.3, 0.4) is 0 Å².